The summed E-state index contributed by atoms with van der Waals surface area (Å²) < 4.78 is 24.6. The first-order valence-corrected chi connectivity index (χ1v) is 6.23. The first-order chi connectivity index (χ1) is 7.35. The molecule has 0 atom stereocenters. The van der Waals surface area contributed by atoms with Crippen LogP contribution < -0.4 is 4.72 Å². The second kappa shape index (κ2) is 4.77. The van der Waals surface area contributed by atoms with Gasteiger partial charge in [-0.05, 0) is 18.7 Å². The topological polar surface area (TPSA) is 89.3 Å². The minimum atomic E-state index is -3.49. The summed E-state index contributed by atoms with van der Waals surface area (Å²) >= 11 is 5.75. The molecule has 1 N–H and O–H groups in total. The van der Waals surface area contributed by atoms with E-state index in [1.54, 1.807) is 0 Å². The van der Waals surface area contributed by atoms with Crippen LogP contribution in [0.15, 0.2) is 18.2 Å². The van der Waals surface area contributed by atoms with E-state index in [-0.39, 0.29) is 22.0 Å². The SMILES string of the molecule is CNS(=O)(=O)Cc1cc([N+](=O)[O-])ccc1Cl. The van der Waals surface area contributed by atoms with Crippen LogP contribution in [0, 0.1) is 10.1 Å². The van der Waals surface area contributed by atoms with Crippen LogP contribution in [0.25, 0.3) is 0 Å². The molecule has 0 spiro atoms. The Balaban J connectivity index is 3.13. The second-order valence-corrected chi connectivity index (χ2v) is 5.33. The maximum atomic E-state index is 11.3. The molecule has 16 heavy (non-hydrogen) atoms. The van der Waals surface area contributed by atoms with Gasteiger partial charge in [-0.15, -0.1) is 0 Å². The zero-order valence-electron chi connectivity index (χ0n) is 8.31. The number of nitrogens with zero attached hydrogens (tertiary/aromatic N) is 1. The first kappa shape index (κ1) is 12.9. The largest absolute Gasteiger partial charge is 0.269 e. The van der Waals surface area contributed by atoms with Crippen molar-refractivity contribution in [3.8, 4) is 0 Å². The highest BCUT2D eigenvalue weighted by Crippen LogP contribution is 2.23. The quantitative estimate of drug-likeness (QED) is 0.656. The maximum Gasteiger partial charge on any atom is 0.269 e. The lowest BCUT2D eigenvalue weighted by atomic mass is 10.2. The van der Waals surface area contributed by atoms with E-state index >= 15 is 0 Å². The van der Waals surface area contributed by atoms with Crippen LogP contribution in [0.2, 0.25) is 5.02 Å². The highest BCUT2D eigenvalue weighted by molar-refractivity contribution is 7.88. The number of rotatable bonds is 4. The van der Waals surface area contributed by atoms with E-state index in [0.29, 0.717) is 0 Å². The molecule has 1 rings (SSSR count). The average molecular weight is 265 g/mol. The Morgan fingerprint density at radius 2 is 2.12 bits per heavy atom. The molecule has 0 amide bonds. The molecule has 0 fully saturated rings. The summed E-state index contributed by atoms with van der Waals surface area (Å²) in [5.41, 5.74) is 0.0101. The molecule has 0 bridgehead atoms. The van der Waals surface area contributed by atoms with Gasteiger partial charge in [0.25, 0.3) is 5.69 Å². The fourth-order valence-corrected chi connectivity index (χ4v) is 2.12. The number of non-ortho nitro benzene ring substituents is 1. The summed E-state index contributed by atoms with van der Waals surface area (Å²) in [6.45, 7) is 0. The standard InChI is InChI=1S/C8H9ClN2O4S/c1-10-16(14,15)5-6-4-7(11(12)13)2-3-8(6)9/h2-4,10H,5H2,1H3. The summed E-state index contributed by atoms with van der Waals surface area (Å²) in [5, 5.41) is 10.7. The number of hydrogen-bond acceptors (Lipinski definition) is 4. The Morgan fingerprint density at radius 1 is 1.50 bits per heavy atom. The molecule has 0 aliphatic heterocycles. The van der Waals surface area contributed by atoms with Crippen LogP contribution in [0.4, 0.5) is 5.69 Å². The molecule has 0 radical (unpaired) electrons. The normalized spacial score (nSPS) is 11.4. The van der Waals surface area contributed by atoms with Crippen molar-refractivity contribution in [3.05, 3.63) is 38.9 Å². The second-order valence-electron chi connectivity index (χ2n) is 3.00. The lowest BCUT2D eigenvalue weighted by Crippen LogP contribution is -2.20. The van der Waals surface area contributed by atoms with Gasteiger partial charge >= 0.3 is 0 Å². The predicted molar refractivity (Wildman–Crippen MR) is 59.8 cm³/mol. The van der Waals surface area contributed by atoms with Gasteiger partial charge in [0.1, 0.15) is 0 Å². The van der Waals surface area contributed by atoms with E-state index in [1.807, 2.05) is 0 Å². The van der Waals surface area contributed by atoms with E-state index in [1.165, 1.54) is 19.2 Å². The molecule has 0 saturated heterocycles. The van der Waals surface area contributed by atoms with Gasteiger partial charge in [-0.3, -0.25) is 10.1 Å². The van der Waals surface area contributed by atoms with Crippen molar-refractivity contribution >= 4 is 27.3 Å². The number of nitro benzene ring substituents is 1. The Morgan fingerprint density at radius 3 is 2.62 bits per heavy atom. The number of halogens is 1. The summed E-state index contributed by atoms with van der Waals surface area (Å²) in [6.07, 6.45) is 0. The van der Waals surface area contributed by atoms with Crippen molar-refractivity contribution in [2.75, 3.05) is 7.05 Å². The zero-order chi connectivity index (χ0) is 12.3. The van der Waals surface area contributed by atoms with Gasteiger partial charge in [-0.1, -0.05) is 11.6 Å². The Hall–Kier alpha value is -1.18. The van der Waals surface area contributed by atoms with Gasteiger partial charge in [0.2, 0.25) is 10.0 Å². The van der Waals surface area contributed by atoms with Crippen molar-refractivity contribution in [1.29, 1.82) is 0 Å². The Kier molecular flexibility index (Phi) is 3.84. The smallest absolute Gasteiger partial charge is 0.258 e. The molecule has 0 unspecified atom stereocenters. The zero-order valence-corrected chi connectivity index (χ0v) is 9.88. The molecule has 0 aliphatic carbocycles. The summed E-state index contributed by atoms with van der Waals surface area (Å²) in [4.78, 5) is 9.89. The van der Waals surface area contributed by atoms with Crippen molar-refractivity contribution in [2.45, 2.75) is 5.75 Å². The van der Waals surface area contributed by atoms with Crippen LogP contribution in [0.5, 0.6) is 0 Å². The van der Waals surface area contributed by atoms with Gasteiger partial charge in [0.05, 0.1) is 10.7 Å². The minimum absolute atomic E-state index is 0.185. The van der Waals surface area contributed by atoms with Crippen molar-refractivity contribution in [2.24, 2.45) is 0 Å². The van der Waals surface area contributed by atoms with E-state index in [9.17, 15) is 18.5 Å². The fourth-order valence-electron chi connectivity index (χ4n) is 1.06. The highest BCUT2D eigenvalue weighted by Gasteiger charge is 2.15. The molecule has 0 aromatic heterocycles. The van der Waals surface area contributed by atoms with Crippen LogP contribution in [-0.2, 0) is 15.8 Å². The lowest BCUT2D eigenvalue weighted by molar-refractivity contribution is -0.384. The maximum absolute atomic E-state index is 11.3. The molecule has 1 aromatic rings. The van der Waals surface area contributed by atoms with Crippen molar-refractivity contribution in [1.82, 2.24) is 4.72 Å². The monoisotopic (exact) mass is 264 g/mol. The first-order valence-electron chi connectivity index (χ1n) is 4.20. The number of nitro groups is 1. The number of benzene rings is 1. The molecular formula is C8H9ClN2O4S. The highest BCUT2D eigenvalue weighted by atomic mass is 35.5. The molecule has 88 valence electrons. The minimum Gasteiger partial charge on any atom is -0.258 e. The van der Waals surface area contributed by atoms with Gasteiger partial charge < -0.3 is 0 Å². The van der Waals surface area contributed by atoms with Gasteiger partial charge in [-0.2, -0.15) is 0 Å². The van der Waals surface area contributed by atoms with E-state index in [0.717, 1.165) is 6.07 Å². The average Bonchev–Trinajstić information content (AvgIpc) is 2.21. The molecule has 0 saturated carbocycles. The number of sulfonamides is 1. The van der Waals surface area contributed by atoms with Crippen LogP contribution in [0.3, 0.4) is 0 Å². The molecule has 8 heteroatoms. The van der Waals surface area contributed by atoms with Crippen molar-refractivity contribution < 1.29 is 13.3 Å². The summed E-state index contributed by atoms with van der Waals surface area (Å²) in [6, 6.07) is 3.68. The fraction of sp³-hybridized carbons (Fsp3) is 0.250. The van der Waals surface area contributed by atoms with Gasteiger partial charge in [0.15, 0.2) is 0 Å². The molecule has 0 aliphatic rings. The lowest BCUT2D eigenvalue weighted by Gasteiger charge is -2.04. The van der Waals surface area contributed by atoms with Crippen LogP contribution >= 0.6 is 11.6 Å². The summed E-state index contributed by atoms with van der Waals surface area (Å²) in [7, 11) is -2.23. The third-order valence-corrected chi connectivity index (χ3v) is 3.58. The van der Waals surface area contributed by atoms with E-state index in [4.69, 9.17) is 11.6 Å². The van der Waals surface area contributed by atoms with E-state index < -0.39 is 14.9 Å². The molecule has 1 aromatic carbocycles. The summed E-state index contributed by atoms with van der Waals surface area (Å²) in [5.74, 6) is -0.385. The molecule has 6 nitrogen and oxygen atoms in total. The van der Waals surface area contributed by atoms with Gasteiger partial charge in [-0.25, -0.2) is 13.1 Å². The molecular weight excluding hydrogens is 256 g/mol. The third kappa shape index (κ3) is 3.16. The Labute approximate surface area is 97.4 Å². The third-order valence-electron chi connectivity index (χ3n) is 1.90. The van der Waals surface area contributed by atoms with Crippen molar-refractivity contribution in [3.63, 3.8) is 0 Å². The van der Waals surface area contributed by atoms with Crippen LogP contribution in [0.1, 0.15) is 5.56 Å². The predicted octanol–water partition coefficient (Wildman–Crippen LogP) is 1.30. The van der Waals surface area contributed by atoms with E-state index in [2.05, 4.69) is 4.72 Å². The number of hydrogen-bond donors (Lipinski definition) is 1. The van der Waals surface area contributed by atoms with Crippen LogP contribution in [-0.4, -0.2) is 20.4 Å². The van der Waals surface area contributed by atoms with Gasteiger partial charge in [0, 0.05) is 17.2 Å². The molecule has 0 heterocycles. The number of nitrogens with one attached hydrogen (secondary N) is 1. The Bertz CT molecular complexity index is 515.